The monoisotopic (exact) mass is 370 g/mol. The number of nitrogens with one attached hydrogen (secondary N) is 1. The van der Waals surface area contributed by atoms with E-state index >= 15 is 0 Å². The molecule has 0 saturated carbocycles. The minimum atomic E-state index is -0.375. The molecule has 1 aliphatic carbocycles. The maximum absolute atomic E-state index is 12.7. The number of benzene rings is 2. The third-order valence-corrected chi connectivity index (χ3v) is 5.28. The summed E-state index contributed by atoms with van der Waals surface area (Å²) in [6.45, 7) is 2.58. The number of carbonyl (C=O) groups is 1. The Hall–Kier alpha value is -3.32. The molecule has 0 amide bonds. The van der Waals surface area contributed by atoms with Crippen LogP contribution in [0.5, 0.6) is 0 Å². The number of hydrogen-bond donors (Lipinski definition) is 1. The summed E-state index contributed by atoms with van der Waals surface area (Å²) in [5.74, 6) is 0.879. The standard InChI is InChI=1S/C24H22N2O2/c1-16-10-12-18(13-11-16)22-19(14-25)24(26-15-17-6-3-2-4-7-17)28-21-9-5-8-20(27)23(21)22/h2-4,6-7,10-13,22,26H,5,8-9,15H2,1H3. The Morgan fingerprint density at radius 3 is 2.57 bits per heavy atom. The molecule has 2 aliphatic rings. The normalized spacial score (nSPS) is 19.0. The third-order valence-electron chi connectivity index (χ3n) is 5.28. The van der Waals surface area contributed by atoms with Crippen molar-refractivity contribution >= 4 is 5.78 Å². The van der Waals surface area contributed by atoms with Gasteiger partial charge >= 0.3 is 0 Å². The average Bonchev–Trinajstić information content (AvgIpc) is 2.73. The van der Waals surface area contributed by atoms with Gasteiger partial charge in [-0.3, -0.25) is 4.79 Å². The molecule has 1 heterocycles. The predicted molar refractivity (Wildman–Crippen MR) is 107 cm³/mol. The number of ketones is 1. The predicted octanol–water partition coefficient (Wildman–Crippen LogP) is 4.64. The van der Waals surface area contributed by atoms with Gasteiger partial charge in [0, 0.05) is 25.0 Å². The molecular formula is C24H22N2O2. The van der Waals surface area contributed by atoms with Crippen LogP contribution in [0.15, 0.2) is 77.4 Å². The van der Waals surface area contributed by atoms with E-state index in [2.05, 4.69) is 11.4 Å². The highest BCUT2D eigenvalue weighted by Gasteiger charge is 2.38. The van der Waals surface area contributed by atoms with Gasteiger partial charge in [0.05, 0.1) is 5.92 Å². The summed E-state index contributed by atoms with van der Waals surface area (Å²) < 4.78 is 6.07. The molecule has 0 aromatic heterocycles. The van der Waals surface area contributed by atoms with Crippen molar-refractivity contribution in [3.05, 3.63) is 94.1 Å². The molecule has 2 aromatic rings. The van der Waals surface area contributed by atoms with Crippen molar-refractivity contribution in [2.45, 2.75) is 38.6 Å². The van der Waals surface area contributed by atoms with E-state index in [1.807, 2.05) is 61.5 Å². The fourth-order valence-corrected chi connectivity index (χ4v) is 3.83. The van der Waals surface area contributed by atoms with Gasteiger partial charge < -0.3 is 10.1 Å². The number of carbonyl (C=O) groups excluding carboxylic acids is 1. The van der Waals surface area contributed by atoms with E-state index in [1.54, 1.807) is 0 Å². The van der Waals surface area contributed by atoms with Crippen LogP contribution in [0.2, 0.25) is 0 Å². The second-order valence-corrected chi connectivity index (χ2v) is 7.25. The highest BCUT2D eigenvalue weighted by atomic mass is 16.5. The zero-order valence-electron chi connectivity index (χ0n) is 15.9. The zero-order valence-corrected chi connectivity index (χ0v) is 15.9. The van der Waals surface area contributed by atoms with Crippen molar-refractivity contribution in [3.8, 4) is 6.07 Å². The first-order valence-corrected chi connectivity index (χ1v) is 9.60. The van der Waals surface area contributed by atoms with Gasteiger partial charge in [0.1, 0.15) is 17.4 Å². The number of rotatable bonds is 4. The number of allylic oxidation sites excluding steroid dienone is 3. The van der Waals surface area contributed by atoms with Crippen molar-refractivity contribution in [1.82, 2.24) is 5.32 Å². The van der Waals surface area contributed by atoms with Crippen LogP contribution in [0.4, 0.5) is 0 Å². The summed E-state index contributed by atoms with van der Waals surface area (Å²) >= 11 is 0. The Balaban J connectivity index is 1.75. The average molecular weight is 370 g/mol. The highest BCUT2D eigenvalue weighted by Crippen LogP contribution is 2.43. The number of nitrogens with zero attached hydrogens (tertiary/aromatic N) is 1. The van der Waals surface area contributed by atoms with E-state index < -0.39 is 0 Å². The SMILES string of the molecule is Cc1ccc(C2C(C#N)=C(NCc3ccccc3)OC3=C2C(=O)CCC3)cc1. The molecule has 0 spiro atoms. The first-order valence-electron chi connectivity index (χ1n) is 9.60. The largest absolute Gasteiger partial charge is 0.444 e. The number of nitriles is 1. The summed E-state index contributed by atoms with van der Waals surface area (Å²) in [4.78, 5) is 12.7. The van der Waals surface area contributed by atoms with E-state index in [0.29, 0.717) is 35.8 Å². The Kier molecular flexibility index (Phi) is 4.99. The van der Waals surface area contributed by atoms with Gasteiger partial charge in [0.15, 0.2) is 5.78 Å². The van der Waals surface area contributed by atoms with Crippen molar-refractivity contribution in [1.29, 1.82) is 5.26 Å². The lowest BCUT2D eigenvalue weighted by Crippen LogP contribution is -2.29. The van der Waals surface area contributed by atoms with Crippen LogP contribution in [0, 0.1) is 18.3 Å². The lowest BCUT2D eigenvalue weighted by Gasteiger charge is -2.32. The fourth-order valence-electron chi connectivity index (χ4n) is 3.83. The lowest BCUT2D eigenvalue weighted by atomic mass is 9.77. The van der Waals surface area contributed by atoms with Crippen molar-refractivity contribution in [3.63, 3.8) is 0 Å². The van der Waals surface area contributed by atoms with E-state index in [4.69, 9.17) is 4.74 Å². The number of aryl methyl sites for hydroxylation is 1. The van der Waals surface area contributed by atoms with Gasteiger partial charge in [-0.05, 0) is 24.5 Å². The topological polar surface area (TPSA) is 62.1 Å². The third kappa shape index (κ3) is 3.44. The van der Waals surface area contributed by atoms with Crippen molar-refractivity contribution < 1.29 is 9.53 Å². The van der Waals surface area contributed by atoms with Gasteiger partial charge in [0.25, 0.3) is 0 Å². The van der Waals surface area contributed by atoms with Crippen molar-refractivity contribution in [2.24, 2.45) is 0 Å². The number of ether oxygens (including phenoxy) is 1. The van der Waals surface area contributed by atoms with Crippen LogP contribution in [0.3, 0.4) is 0 Å². The quantitative estimate of drug-likeness (QED) is 0.852. The molecule has 4 rings (SSSR count). The summed E-state index contributed by atoms with van der Waals surface area (Å²) in [5, 5.41) is 13.2. The van der Waals surface area contributed by atoms with E-state index in [9.17, 15) is 10.1 Å². The fraction of sp³-hybridized carbons (Fsp3) is 0.250. The minimum absolute atomic E-state index is 0.0849. The summed E-state index contributed by atoms with van der Waals surface area (Å²) in [7, 11) is 0. The van der Waals surface area contributed by atoms with Gasteiger partial charge in [0.2, 0.25) is 5.88 Å². The first kappa shape index (κ1) is 18.1. The van der Waals surface area contributed by atoms with Crippen LogP contribution < -0.4 is 5.32 Å². The first-order chi connectivity index (χ1) is 13.7. The molecule has 28 heavy (non-hydrogen) atoms. The van der Waals surface area contributed by atoms with Crippen LogP contribution >= 0.6 is 0 Å². The molecule has 140 valence electrons. The molecule has 0 fully saturated rings. The van der Waals surface area contributed by atoms with Gasteiger partial charge in [-0.1, -0.05) is 60.2 Å². The van der Waals surface area contributed by atoms with Crippen molar-refractivity contribution in [2.75, 3.05) is 0 Å². The van der Waals surface area contributed by atoms with Crippen LogP contribution in [-0.2, 0) is 16.1 Å². The molecule has 1 N–H and O–H groups in total. The summed E-state index contributed by atoms with van der Waals surface area (Å²) in [6.07, 6.45) is 2.01. The van der Waals surface area contributed by atoms with Crippen LogP contribution in [0.1, 0.15) is 41.9 Å². The van der Waals surface area contributed by atoms with E-state index in [0.717, 1.165) is 29.5 Å². The summed E-state index contributed by atoms with van der Waals surface area (Å²) in [5.41, 5.74) is 4.31. The molecule has 4 heteroatoms. The van der Waals surface area contributed by atoms with Gasteiger partial charge in [-0.25, -0.2) is 0 Å². The maximum Gasteiger partial charge on any atom is 0.208 e. The number of Topliss-reactive ketones (excluding diaryl/α,β-unsaturated/α-hetero) is 1. The summed E-state index contributed by atoms with van der Waals surface area (Å²) in [6, 6.07) is 20.3. The maximum atomic E-state index is 12.7. The molecule has 2 aromatic carbocycles. The highest BCUT2D eigenvalue weighted by molar-refractivity contribution is 5.99. The second kappa shape index (κ2) is 7.74. The van der Waals surface area contributed by atoms with Crippen LogP contribution in [-0.4, -0.2) is 5.78 Å². The zero-order chi connectivity index (χ0) is 19.5. The molecular weight excluding hydrogens is 348 g/mol. The molecule has 0 saturated heterocycles. The molecule has 4 nitrogen and oxygen atoms in total. The Morgan fingerprint density at radius 2 is 1.86 bits per heavy atom. The smallest absolute Gasteiger partial charge is 0.208 e. The molecule has 0 radical (unpaired) electrons. The van der Waals surface area contributed by atoms with Crippen LogP contribution in [0.25, 0.3) is 0 Å². The second-order valence-electron chi connectivity index (χ2n) is 7.25. The molecule has 1 aliphatic heterocycles. The molecule has 1 atom stereocenters. The lowest BCUT2D eigenvalue weighted by molar-refractivity contribution is -0.116. The molecule has 1 unspecified atom stereocenters. The minimum Gasteiger partial charge on any atom is -0.444 e. The molecule has 0 bridgehead atoms. The van der Waals surface area contributed by atoms with E-state index in [1.165, 1.54) is 0 Å². The van der Waals surface area contributed by atoms with Gasteiger partial charge in [-0.2, -0.15) is 5.26 Å². The Morgan fingerprint density at radius 1 is 1.11 bits per heavy atom. The number of hydrogen-bond acceptors (Lipinski definition) is 4. The Bertz CT molecular complexity index is 995. The Labute approximate surface area is 165 Å². The van der Waals surface area contributed by atoms with Gasteiger partial charge in [-0.15, -0.1) is 0 Å². The van der Waals surface area contributed by atoms with E-state index in [-0.39, 0.29) is 11.7 Å².